The van der Waals surface area contributed by atoms with Crippen molar-refractivity contribution in [3.63, 3.8) is 0 Å². The van der Waals surface area contributed by atoms with Gasteiger partial charge >= 0.3 is 0 Å². The van der Waals surface area contributed by atoms with Crippen LogP contribution in [0.1, 0.15) is 12.8 Å². The highest BCUT2D eigenvalue weighted by Crippen LogP contribution is 2.21. The fraction of sp³-hybridized carbons (Fsp3) is 0.211. The van der Waals surface area contributed by atoms with Gasteiger partial charge in [0.15, 0.2) is 0 Å². The molecule has 0 aromatic heterocycles. The molecule has 0 unspecified atom stereocenters. The summed E-state index contributed by atoms with van der Waals surface area (Å²) in [6, 6.07) is 15.0. The van der Waals surface area contributed by atoms with E-state index in [1.807, 2.05) is 48.5 Å². The van der Waals surface area contributed by atoms with Crippen molar-refractivity contribution in [1.82, 2.24) is 0 Å². The first-order valence-corrected chi connectivity index (χ1v) is 9.06. The van der Waals surface area contributed by atoms with E-state index in [1.165, 1.54) is 0 Å². The third-order valence-electron chi connectivity index (χ3n) is 3.14. The highest BCUT2D eigenvalue weighted by molar-refractivity contribution is 7.99. The average Bonchev–Trinajstić information content (AvgIpc) is 2.60. The van der Waals surface area contributed by atoms with E-state index in [9.17, 15) is 4.79 Å². The second kappa shape index (κ2) is 10.1. The van der Waals surface area contributed by atoms with Gasteiger partial charge in [-0.3, -0.25) is 4.79 Å². The number of thioether (sulfide) groups is 1. The Balaban J connectivity index is 1.67. The Morgan fingerprint density at radius 2 is 1.88 bits per heavy atom. The van der Waals surface area contributed by atoms with Crippen LogP contribution in [0.5, 0.6) is 5.75 Å². The van der Waals surface area contributed by atoms with Gasteiger partial charge in [-0.15, -0.1) is 11.8 Å². The second-order valence-electron chi connectivity index (χ2n) is 5.08. The molecule has 0 aliphatic rings. The van der Waals surface area contributed by atoms with Crippen LogP contribution in [0.3, 0.4) is 0 Å². The van der Waals surface area contributed by atoms with Crippen LogP contribution in [-0.2, 0) is 4.79 Å². The van der Waals surface area contributed by atoms with Crippen molar-refractivity contribution in [2.45, 2.75) is 17.7 Å². The normalized spacial score (nSPS) is 10.2. The van der Waals surface area contributed by atoms with Crippen LogP contribution in [0.15, 0.2) is 66.1 Å². The van der Waals surface area contributed by atoms with Gasteiger partial charge in [0, 0.05) is 22.0 Å². The molecule has 3 nitrogen and oxygen atoms in total. The summed E-state index contributed by atoms with van der Waals surface area (Å²) in [6.07, 6.45) is 3.01. The number of carbonyl (C=O) groups is 1. The molecule has 0 fully saturated rings. The number of anilines is 1. The van der Waals surface area contributed by atoms with Crippen LogP contribution in [0.25, 0.3) is 0 Å². The first-order chi connectivity index (χ1) is 11.7. The lowest BCUT2D eigenvalue weighted by Crippen LogP contribution is -2.11. The van der Waals surface area contributed by atoms with Gasteiger partial charge in [-0.05, 0) is 60.7 Å². The average molecular weight is 362 g/mol. The zero-order valence-corrected chi connectivity index (χ0v) is 14.9. The van der Waals surface area contributed by atoms with E-state index < -0.39 is 0 Å². The van der Waals surface area contributed by atoms with Crippen LogP contribution in [-0.4, -0.2) is 18.3 Å². The smallest absolute Gasteiger partial charge is 0.224 e. The molecule has 0 radical (unpaired) electrons. The molecule has 1 N–H and O–H groups in total. The number of rotatable bonds is 9. The fourth-order valence-corrected chi connectivity index (χ4v) is 2.95. The Kier molecular flexibility index (Phi) is 7.72. The number of halogens is 1. The van der Waals surface area contributed by atoms with Crippen LogP contribution in [0, 0.1) is 0 Å². The molecule has 1 amide bonds. The molecule has 0 heterocycles. The summed E-state index contributed by atoms with van der Waals surface area (Å²) in [5, 5.41) is 3.63. The van der Waals surface area contributed by atoms with Crippen LogP contribution in [0.4, 0.5) is 5.69 Å². The Labute approximate surface area is 152 Å². The van der Waals surface area contributed by atoms with Crippen molar-refractivity contribution in [3.8, 4) is 5.75 Å². The maximum absolute atomic E-state index is 11.9. The Morgan fingerprint density at radius 1 is 1.17 bits per heavy atom. The lowest BCUT2D eigenvalue weighted by molar-refractivity contribution is -0.116. The summed E-state index contributed by atoms with van der Waals surface area (Å²) in [4.78, 5) is 13.1. The molecule has 2 aromatic carbocycles. The van der Waals surface area contributed by atoms with Crippen molar-refractivity contribution in [2.75, 3.05) is 17.7 Å². The lowest BCUT2D eigenvalue weighted by Gasteiger charge is -2.07. The molecule has 0 saturated carbocycles. The van der Waals surface area contributed by atoms with E-state index in [2.05, 4.69) is 11.9 Å². The number of amides is 1. The number of nitrogens with one attached hydrogen (secondary N) is 1. The summed E-state index contributed by atoms with van der Waals surface area (Å²) in [7, 11) is 0. The SMILES string of the molecule is C=CCOc1ccc(NC(=O)CCCSc2ccc(Cl)cc2)cc1. The minimum atomic E-state index is 0.0199. The number of hydrogen-bond donors (Lipinski definition) is 1. The van der Waals surface area contributed by atoms with Crippen molar-refractivity contribution in [3.05, 3.63) is 66.2 Å². The Morgan fingerprint density at radius 3 is 2.54 bits per heavy atom. The summed E-state index contributed by atoms with van der Waals surface area (Å²) in [6.45, 7) is 4.07. The predicted molar refractivity (Wildman–Crippen MR) is 102 cm³/mol. The van der Waals surface area contributed by atoms with Crippen molar-refractivity contribution in [2.24, 2.45) is 0 Å². The summed E-state index contributed by atoms with van der Waals surface area (Å²) in [5.41, 5.74) is 0.774. The van der Waals surface area contributed by atoms with Gasteiger partial charge in [0.25, 0.3) is 0 Å². The van der Waals surface area contributed by atoms with Crippen LogP contribution >= 0.6 is 23.4 Å². The summed E-state index contributed by atoms with van der Waals surface area (Å²) < 4.78 is 5.40. The molecule has 0 atom stereocenters. The second-order valence-corrected chi connectivity index (χ2v) is 6.68. The maximum atomic E-state index is 11.9. The monoisotopic (exact) mass is 361 g/mol. The first kappa shape index (κ1) is 18.4. The number of hydrogen-bond acceptors (Lipinski definition) is 3. The van der Waals surface area contributed by atoms with E-state index in [4.69, 9.17) is 16.3 Å². The fourth-order valence-electron chi connectivity index (χ4n) is 1.97. The Bertz CT molecular complexity index is 656. The largest absolute Gasteiger partial charge is 0.490 e. The quantitative estimate of drug-likeness (QED) is 0.368. The standard InChI is InChI=1S/C19H20ClNO2S/c1-2-13-23-17-9-7-16(8-10-17)21-19(22)4-3-14-24-18-11-5-15(20)6-12-18/h2,5-12H,1,3-4,13-14H2,(H,21,22). The Hall–Kier alpha value is -1.91. The van der Waals surface area contributed by atoms with E-state index in [0.29, 0.717) is 13.0 Å². The molecule has 24 heavy (non-hydrogen) atoms. The number of carbonyl (C=O) groups excluding carboxylic acids is 1. The van der Waals surface area contributed by atoms with Gasteiger partial charge in [-0.2, -0.15) is 0 Å². The third kappa shape index (κ3) is 6.69. The topological polar surface area (TPSA) is 38.3 Å². The molecule has 5 heteroatoms. The molecule has 126 valence electrons. The van der Waals surface area contributed by atoms with E-state index >= 15 is 0 Å². The molecule has 0 aliphatic heterocycles. The van der Waals surface area contributed by atoms with E-state index in [0.717, 1.165) is 33.5 Å². The van der Waals surface area contributed by atoms with Gasteiger partial charge in [0.2, 0.25) is 5.91 Å². The predicted octanol–water partition coefficient (Wildman–Crippen LogP) is 5.42. The molecule has 2 aromatic rings. The molecule has 2 rings (SSSR count). The molecular weight excluding hydrogens is 342 g/mol. The van der Waals surface area contributed by atoms with E-state index in [1.54, 1.807) is 17.8 Å². The minimum Gasteiger partial charge on any atom is -0.490 e. The number of ether oxygens (including phenoxy) is 1. The zero-order valence-electron chi connectivity index (χ0n) is 13.3. The zero-order chi connectivity index (χ0) is 17.2. The van der Waals surface area contributed by atoms with Gasteiger partial charge in [-0.1, -0.05) is 24.3 Å². The molecular formula is C19H20ClNO2S. The highest BCUT2D eigenvalue weighted by atomic mass is 35.5. The first-order valence-electron chi connectivity index (χ1n) is 7.69. The van der Waals surface area contributed by atoms with Gasteiger partial charge < -0.3 is 10.1 Å². The van der Waals surface area contributed by atoms with Crippen molar-refractivity contribution in [1.29, 1.82) is 0 Å². The van der Waals surface area contributed by atoms with Gasteiger partial charge in [0.1, 0.15) is 12.4 Å². The molecule has 0 aliphatic carbocycles. The lowest BCUT2D eigenvalue weighted by atomic mass is 10.2. The van der Waals surface area contributed by atoms with Crippen molar-refractivity contribution >= 4 is 35.0 Å². The van der Waals surface area contributed by atoms with Crippen molar-refractivity contribution < 1.29 is 9.53 Å². The van der Waals surface area contributed by atoms with Crippen LogP contribution in [0.2, 0.25) is 5.02 Å². The van der Waals surface area contributed by atoms with Gasteiger partial charge in [0.05, 0.1) is 0 Å². The minimum absolute atomic E-state index is 0.0199. The maximum Gasteiger partial charge on any atom is 0.224 e. The van der Waals surface area contributed by atoms with Gasteiger partial charge in [-0.25, -0.2) is 0 Å². The summed E-state index contributed by atoms with van der Waals surface area (Å²) in [5.74, 6) is 1.67. The van der Waals surface area contributed by atoms with E-state index in [-0.39, 0.29) is 5.91 Å². The molecule has 0 bridgehead atoms. The van der Waals surface area contributed by atoms with Crippen LogP contribution < -0.4 is 10.1 Å². The third-order valence-corrected chi connectivity index (χ3v) is 4.49. The number of benzene rings is 2. The highest BCUT2D eigenvalue weighted by Gasteiger charge is 2.03. The molecule has 0 spiro atoms. The molecule has 0 saturated heterocycles. The summed E-state index contributed by atoms with van der Waals surface area (Å²) >= 11 is 7.58.